The topological polar surface area (TPSA) is 155 Å². The third kappa shape index (κ3) is 8.38. The van der Waals surface area contributed by atoms with E-state index >= 15 is 0 Å². The zero-order chi connectivity index (χ0) is 35.8. The van der Waals surface area contributed by atoms with Crippen LogP contribution in [0.25, 0.3) is 45.0 Å². The van der Waals surface area contributed by atoms with Gasteiger partial charge in [-0.3, -0.25) is 0 Å². The van der Waals surface area contributed by atoms with Crippen LogP contribution in [0.15, 0.2) is 115 Å². The fourth-order valence-electron chi connectivity index (χ4n) is 5.79. The molecule has 2 aliphatic carbocycles. The Hall–Kier alpha value is -5.26. The molecule has 0 aliphatic heterocycles. The van der Waals surface area contributed by atoms with Crippen LogP contribution in [0, 0.1) is 5.41 Å². The summed E-state index contributed by atoms with van der Waals surface area (Å²) in [6.07, 6.45) is 10.1. The highest BCUT2D eigenvalue weighted by atomic mass is 16.6. The molecule has 2 atom stereocenters. The Morgan fingerprint density at radius 1 is 0.804 bits per heavy atom. The van der Waals surface area contributed by atoms with E-state index in [0.717, 1.165) is 40.7 Å². The molecule has 3 aromatic carbocycles. The Kier molecular flexibility index (Phi) is 11.3. The lowest BCUT2D eigenvalue weighted by Crippen LogP contribution is -2.41. The van der Waals surface area contributed by atoms with E-state index in [9.17, 15) is 25.2 Å². The van der Waals surface area contributed by atoms with Gasteiger partial charge in [-0.2, -0.15) is 0 Å². The second-order valence-corrected chi connectivity index (χ2v) is 12.8. The Morgan fingerprint density at radius 2 is 1.37 bits per heavy atom. The molecular formula is C41H41N3O7. The molecular weight excluding hydrogens is 646 g/mol. The van der Waals surface area contributed by atoms with Crippen LogP contribution < -0.4 is 0 Å². The summed E-state index contributed by atoms with van der Waals surface area (Å²) >= 11 is 0. The average molecular weight is 688 g/mol. The second-order valence-electron chi connectivity index (χ2n) is 12.8. The molecule has 4 N–H and O–H groups in total. The van der Waals surface area contributed by atoms with Gasteiger partial charge in [-0.1, -0.05) is 103 Å². The van der Waals surface area contributed by atoms with E-state index < -0.39 is 43.4 Å². The molecule has 6 rings (SSSR count). The molecule has 0 radical (unpaired) electrons. The van der Waals surface area contributed by atoms with Crippen molar-refractivity contribution in [1.82, 2.24) is 15.0 Å². The Balaban J connectivity index is 1.25. The number of hydrogen-bond acceptors (Lipinski definition) is 10. The van der Waals surface area contributed by atoms with Crippen LogP contribution in [-0.4, -0.2) is 80.0 Å². The molecule has 1 aromatic heterocycles. The average Bonchev–Trinajstić information content (AvgIpc) is 3.19. The van der Waals surface area contributed by atoms with Crippen LogP contribution in [0.2, 0.25) is 0 Å². The summed E-state index contributed by atoms with van der Waals surface area (Å²) in [5.74, 6) is 0.452. The summed E-state index contributed by atoms with van der Waals surface area (Å²) < 4.78 is 11.1. The highest BCUT2D eigenvalue weighted by molar-refractivity contribution is 5.77. The van der Waals surface area contributed by atoms with Gasteiger partial charge in [0.25, 0.3) is 0 Å². The minimum Gasteiger partial charge on any atom is -0.511 e. The summed E-state index contributed by atoms with van der Waals surface area (Å²) in [6.45, 7) is -0.552. The number of allylic oxidation sites excluding steroid dienone is 6. The normalized spacial score (nSPS) is 16.5. The zero-order valence-corrected chi connectivity index (χ0v) is 28.4. The summed E-state index contributed by atoms with van der Waals surface area (Å²) in [4.78, 5) is 27.1. The molecule has 0 bridgehead atoms. The van der Waals surface area contributed by atoms with Gasteiger partial charge < -0.3 is 29.9 Å². The Morgan fingerprint density at radius 3 is 1.94 bits per heavy atom. The van der Waals surface area contributed by atoms with Crippen molar-refractivity contribution in [3.05, 3.63) is 126 Å². The van der Waals surface area contributed by atoms with Crippen molar-refractivity contribution in [1.29, 1.82) is 0 Å². The lowest BCUT2D eigenvalue weighted by Gasteiger charge is -2.28. The number of benzene rings is 3. The van der Waals surface area contributed by atoms with Crippen LogP contribution in [-0.2, 0) is 14.3 Å². The molecule has 51 heavy (non-hydrogen) atoms. The molecule has 0 saturated carbocycles. The monoisotopic (exact) mass is 687 g/mol. The molecule has 10 heteroatoms. The molecule has 1 heterocycles. The summed E-state index contributed by atoms with van der Waals surface area (Å²) in [5.41, 5.74) is 5.22. The van der Waals surface area contributed by atoms with E-state index in [2.05, 4.69) is 42.5 Å². The first-order chi connectivity index (χ1) is 24.8. The number of esters is 1. The SMILES string of the molecule is CC(OC1C=CC(c2nc(-c3ccc(C4=CC=CCC4)cc3)nc(-c3ccc(-c4ccccc4)cc3)n2)=C(O)C1)C(=O)OCC(CO)(CO)CO. The van der Waals surface area contributed by atoms with Crippen molar-refractivity contribution in [3.63, 3.8) is 0 Å². The van der Waals surface area contributed by atoms with Gasteiger partial charge in [0, 0.05) is 17.5 Å². The Labute approximate surface area is 296 Å². The van der Waals surface area contributed by atoms with Gasteiger partial charge in [0.2, 0.25) is 0 Å². The molecule has 0 fully saturated rings. The lowest BCUT2D eigenvalue weighted by molar-refractivity contribution is -0.165. The number of carbonyl (C=O) groups excluding carboxylic acids is 1. The number of carbonyl (C=O) groups is 1. The largest absolute Gasteiger partial charge is 0.511 e. The van der Waals surface area contributed by atoms with Crippen LogP contribution >= 0.6 is 0 Å². The van der Waals surface area contributed by atoms with Crippen LogP contribution in [0.5, 0.6) is 0 Å². The van der Waals surface area contributed by atoms with Gasteiger partial charge in [-0.05, 0) is 48.1 Å². The van der Waals surface area contributed by atoms with Gasteiger partial charge >= 0.3 is 5.97 Å². The van der Waals surface area contributed by atoms with Gasteiger partial charge in [-0.15, -0.1) is 0 Å². The third-order valence-corrected chi connectivity index (χ3v) is 9.07. The lowest BCUT2D eigenvalue weighted by atomic mass is 9.93. The number of aromatic nitrogens is 3. The molecule has 2 aliphatic rings. The number of aliphatic hydroxyl groups excluding tert-OH is 4. The van der Waals surface area contributed by atoms with E-state index in [-0.39, 0.29) is 18.8 Å². The van der Waals surface area contributed by atoms with E-state index in [0.29, 0.717) is 23.0 Å². The summed E-state index contributed by atoms with van der Waals surface area (Å²) in [6, 6.07) is 26.2. The summed E-state index contributed by atoms with van der Waals surface area (Å²) in [5, 5.41) is 39.8. The van der Waals surface area contributed by atoms with Crippen LogP contribution in [0.3, 0.4) is 0 Å². The number of ether oxygens (including phenoxy) is 2. The Bertz CT molecular complexity index is 1940. The van der Waals surface area contributed by atoms with E-state index in [1.165, 1.54) is 12.5 Å². The van der Waals surface area contributed by atoms with E-state index in [4.69, 9.17) is 24.4 Å². The standard InChI is InChI=1S/C41H41N3O7/c1-27(40(49)50-26-41(23-45,24-46)25-47)51-34-20-21-35(36(48)22-34)39-43-37(32-16-12-30(13-17-32)28-8-4-2-5-9-28)42-38(44-39)33-18-14-31(15-19-33)29-10-6-3-7-11-29/h2-6,8-10,12-21,27,34,45-48H,7,11,22-26H2,1H3. The van der Waals surface area contributed by atoms with Crippen molar-refractivity contribution in [2.75, 3.05) is 26.4 Å². The molecule has 0 amide bonds. The van der Waals surface area contributed by atoms with Crippen molar-refractivity contribution in [3.8, 4) is 33.9 Å². The molecule has 4 aromatic rings. The molecule has 10 nitrogen and oxygen atoms in total. The first-order valence-electron chi connectivity index (χ1n) is 17.0. The molecule has 2 unspecified atom stereocenters. The fraction of sp³-hybridized carbons (Fsp3) is 0.268. The second kappa shape index (κ2) is 16.2. The van der Waals surface area contributed by atoms with Crippen molar-refractivity contribution < 1.29 is 34.7 Å². The molecule has 0 spiro atoms. The van der Waals surface area contributed by atoms with Gasteiger partial charge in [0.15, 0.2) is 23.6 Å². The predicted octanol–water partition coefficient (Wildman–Crippen LogP) is 6.12. The first-order valence-corrected chi connectivity index (χ1v) is 17.0. The maximum atomic E-state index is 12.6. The quantitative estimate of drug-likeness (QED) is 0.121. The molecule has 262 valence electrons. The van der Waals surface area contributed by atoms with E-state index in [1.807, 2.05) is 54.6 Å². The fourth-order valence-corrected chi connectivity index (χ4v) is 5.79. The number of rotatable bonds is 13. The number of hydrogen-bond donors (Lipinski definition) is 4. The van der Waals surface area contributed by atoms with Crippen LogP contribution in [0.1, 0.15) is 37.6 Å². The number of nitrogens with zero attached hydrogens (tertiary/aromatic N) is 3. The maximum absolute atomic E-state index is 12.6. The maximum Gasteiger partial charge on any atom is 0.335 e. The predicted molar refractivity (Wildman–Crippen MR) is 195 cm³/mol. The van der Waals surface area contributed by atoms with Gasteiger partial charge in [0.05, 0.1) is 36.9 Å². The van der Waals surface area contributed by atoms with Crippen molar-refractivity contribution >= 4 is 17.1 Å². The van der Waals surface area contributed by atoms with E-state index in [1.54, 1.807) is 12.2 Å². The highest BCUT2D eigenvalue weighted by Gasteiger charge is 2.32. The minimum atomic E-state index is -1.35. The van der Waals surface area contributed by atoms with Gasteiger partial charge in [0.1, 0.15) is 12.4 Å². The minimum absolute atomic E-state index is 0.0157. The number of aliphatic hydroxyl groups is 4. The van der Waals surface area contributed by atoms with Crippen LogP contribution in [0.4, 0.5) is 0 Å². The van der Waals surface area contributed by atoms with Crippen molar-refractivity contribution in [2.24, 2.45) is 5.41 Å². The molecule has 0 saturated heterocycles. The smallest absolute Gasteiger partial charge is 0.335 e. The van der Waals surface area contributed by atoms with Gasteiger partial charge in [-0.25, -0.2) is 19.7 Å². The highest BCUT2D eigenvalue weighted by Crippen LogP contribution is 2.31. The van der Waals surface area contributed by atoms with Crippen molar-refractivity contribution in [2.45, 2.75) is 38.4 Å². The first kappa shape index (κ1) is 35.6. The third-order valence-electron chi connectivity index (χ3n) is 9.07. The summed E-state index contributed by atoms with van der Waals surface area (Å²) in [7, 11) is 0. The zero-order valence-electron chi connectivity index (χ0n) is 28.4.